The van der Waals surface area contributed by atoms with E-state index in [9.17, 15) is 5.11 Å². The first-order chi connectivity index (χ1) is 20.2. The summed E-state index contributed by atoms with van der Waals surface area (Å²) in [7, 11) is 1.73. The fourth-order valence-electron chi connectivity index (χ4n) is 11.5. The van der Waals surface area contributed by atoms with Crippen molar-refractivity contribution in [2.75, 3.05) is 26.7 Å². The van der Waals surface area contributed by atoms with Crippen LogP contribution in [0, 0.1) is 16.7 Å². The van der Waals surface area contributed by atoms with E-state index < -0.39 is 6.10 Å². The van der Waals surface area contributed by atoms with Crippen molar-refractivity contribution < 1.29 is 14.6 Å². The van der Waals surface area contributed by atoms with Gasteiger partial charge in [0.25, 0.3) is 0 Å². The van der Waals surface area contributed by atoms with Gasteiger partial charge in [-0.05, 0) is 106 Å². The summed E-state index contributed by atoms with van der Waals surface area (Å²) < 4.78 is 12.2. The second kappa shape index (κ2) is 11.1. The molecule has 4 saturated carbocycles. The molecular weight excluding hydrogens is 520 g/mol. The van der Waals surface area contributed by atoms with Crippen LogP contribution in [0.5, 0.6) is 11.5 Å². The molecular formula is C37H56N2O3. The Morgan fingerprint density at radius 1 is 0.976 bits per heavy atom. The van der Waals surface area contributed by atoms with Crippen molar-refractivity contribution in [3.8, 4) is 11.5 Å². The second-order valence-electron chi connectivity index (χ2n) is 16.3. The third-order valence-electron chi connectivity index (χ3n) is 12.3. The van der Waals surface area contributed by atoms with Gasteiger partial charge in [0.2, 0.25) is 0 Å². The van der Waals surface area contributed by atoms with Crippen LogP contribution >= 0.6 is 0 Å². The van der Waals surface area contributed by atoms with E-state index in [0.717, 1.165) is 36.9 Å². The summed E-state index contributed by atoms with van der Waals surface area (Å²) in [6, 6.07) is 4.32. The largest absolute Gasteiger partial charge is 0.493 e. The molecule has 0 saturated heterocycles. The number of benzene rings is 1. The van der Waals surface area contributed by atoms with Crippen LogP contribution < -0.4 is 14.8 Å². The van der Waals surface area contributed by atoms with Crippen LogP contribution in [0.3, 0.4) is 0 Å². The summed E-state index contributed by atoms with van der Waals surface area (Å²) in [6.45, 7) is 9.62. The normalized spacial score (nSPS) is 39.6. The monoisotopic (exact) mass is 576 g/mol. The number of aliphatic hydroxyl groups is 1. The summed E-state index contributed by atoms with van der Waals surface area (Å²) in [5.41, 5.74) is 4.24. The first-order valence-corrected chi connectivity index (χ1v) is 17.4. The molecule has 5 nitrogen and oxygen atoms in total. The van der Waals surface area contributed by atoms with E-state index in [0.29, 0.717) is 22.8 Å². The smallest absolute Gasteiger partial charge is 0.166 e. The SMILES string of the molecule is COc1ccc2c3c1O[C@H]1C[C@@H](O)C=C[C@@]31CCN(CCCCCCCCCN[C@]13C[C@@H]4C[C@@](C)(C[C@@](C)(C4)C1)C3)C2. The van der Waals surface area contributed by atoms with Gasteiger partial charge in [0.15, 0.2) is 11.5 Å². The summed E-state index contributed by atoms with van der Waals surface area (Å²) in [4.78, 5) is 2.65. The van der Waals surface area contributed by atoms with E-state index in [1.54, 1.807) is 7.11 Å². The molecule has 0 aromatic heterocycles. The number of nitrogens with one attached hydrogen (secondary N) is 1. The van der Waals surface area contributed by atoms with Crippen molar-refractivity contribution in [1.82, 2.24) is 10.2 Å². The summed E-state index contributed by atoms with van der Waals surface area (Å²) in [6.07, 6.45) is 23.8. The molecule has 2 heterocycles. The molecule has 232 valence electrons. The molecule has 42 heavy (non-hydrogen) atoms. The second-order valence-corrected chi connectivity index (χ2v) is 16.3. The average Bonchev–Trinajstić information content (AvgIpc) is 3.16. The van der Waals surface area contributed by atoms with Gasteiger partial charge in [0.1, 0.15) is 6.10 Å². The van der Waals surface area contributed by atoms with Gasteiger partial charge in [-0.3, -0.25) is 4.90 Å². The number of nitrogens with zero attached hydrogens (tertiary/aromatic N) is 1. The Morgan fingerprint density at radius 3 is 2.45 bits per heavy atom. The fourth-order valence-corrected chi connectivity index (χ4v) is 11.5. The number of aliphatic hydroxyl groups excluding tert-OH is 1. The lowest BCUT2D eigenvalue weighted by atomic mass is 9.43. The lowest BCUT2D eigenvalue weighted by Crippen LogP contribution is -2.64. The Kier molecular flexibility index (Phi) is 7.71. The molecule has 1 aromatic rings. The van der Waals surface area contributed by atoms with Gasteiger partial charge in [0, 0.05) is 24.1 Å². The highest BCUT2D eigenvalue weighted by Gasteiger charge is 2.59. The van der Waals surface area contributed by atoms with Crippen molar-refractivity contribution >= 4 is 0 Å². The maximum absolute atomic E-state index is 10.3. The zero-order valence-corrected chi connectivity index (χ0v) is 26.7. The molecule has 7 atom stereocenters. The molecule has 1 spiro atoms. The standard InChI is InChI=1S/C37H56N2O3/c1-34-20-27-21-35(2,24-34)26-36(22-27,25-34)38-16-9-7-5-4-6-8-10-17-39-18-15-37-14-13-29(40)19-31(37)42-33-30(41-3)12-11-28(23-39)32(33)37/h11-14,27,29,31,38,40H,4-10,15-26H2,1-3H3/t27-,29-,31-,34+,35-,36+,37-/m0/s1. The van der Waals surface area contributed by atoms with Crippen molar-refractivity contribution in [1.29, 1.82) is 0 Å². The minimum absolute atomic E-state index is 0.00299. The van der Waals surface area contributed by atoms with Crippen LogP contribution in [0.1, 0.15) is 121 Å². The Hall–Kier alpha value is -1.56. The zero-order valence-electron chi connectivity index (χ0n) is 26.7. The molecule has 2 aliphatic heterocycles. The molecule has 1 aromatic carbocycles. The van der Waals surface area contributed by atoms with Crippen LogP contribution in [0.2, 0.25) is 0 Å². The van der Waals surface area contributed by atoms with Crippen molar-refractivity contribution in [3.05, 3.63) is 35.4 Å². The number of ether oxygens (including phenoxy) is 2. The molecule has 8 rings (SSSR count). The average molecular weight is 577 g/mol. The molecule has 5 aliphatic carbocycles. The molecule has 0 amide bonds. The van der Waals surface area contributed by atoms with Gasteiger partial charge in [0.05, 0.1) is 18.6 Å². The molecule has 5 heteroatoms. The quantitative estimate of drug-likeness (QED) is 0.202. The van der Waals surface area contributed by atoms with Crippen LogP contribution in [0.4, 0.5) is 0 Å². The predicted molar refractivity (Wildman–Crippen MR) is 169 cm³/mol. The van der Waals surface area contributed by atoms with Crippen molar-refractivity contribution in [3.63, 3.8) is 0 Å². The number of hydrogen-bond acceptors (Lipinski definition) is 5. The molecule has 0 radical (unpaired) electrons. The van der Waals surface area contributed by atoms with E-state index in [2.05, 4.69) is 42.3 Å². The van der Waals surface area contributed by atoms with Crippen LogP contribution in [0.15, 0.2) is 24.3 Å². The Balaban J connectivity index is 0.826. The molecule has 0 unspecified atom stereocenters. The van der Waals surface area contributed by atoms with Crippen molar-refractivity contribution in [2.45, 2.75) is 140 Å². The summed E-state index contributed by atoms with van der Waals surface area (Å²) in [5.74, 6) is 2.72. The topological polar surface area (TPSA) is 54.0 Å². The van der Waals surface area contributed by atoms with Gasteiger partial charge in [-0.1, -0.05) is 64.2 Å². The van der Waals surface area contributed by atoms with Gasteiger partial charge < -0.3 is 19.9 Å². The highest BCUT2D eigenvalue weighted by molar-refractivity contribution is 5.61. The van der Waals surface area contributed by atoms with E-state index in [1.807, 2.05) is 6.08 Å². The molecule has 2 N–H and O–H groups in total. The van der Waals surface area contributed by atoms with E-state index in [4.69, 9.17) is 9.47 Å². The fraction of sp³-hybridized carbons (Fsp3) is 0.784. The lowest BCUT2D eigenvalue weighted by molar-refractivity contribution is -0.117. The molecule has 4 bridgehead atoms. The van der Waals surface area contributed by atoms with Crippen molar-refractivity contribution in [2.24, 2.45) is 16.7 Å². The Morgan fingerprint density at radius 2 is 1.71 bits per heavy atom. The van der Waals surface area contributed by atoms with E-state index in [-0.39, 0.29) is 11.5 Å². The minimum Gasteiger partial charge on any atom is -0.493 e. The Labute approximate surface area is 254 Å². The van der Waals surface area contributed by atoms with Crippen LogP contribution in [-0.2, 0) is 12.0 Å². The highest BCUT2D eigenvalue weighted by atomic mass is 16.5. The third kappa shape index (κ3) is 5.34. The first kappa shape index (κ1) is 29.2. The van der Waals surface area contributed by atoms with Crippen LogP contribution in [-0.4, -0.2) is 54.5 Å². The van der Waals surface area contributed by atoms with Gasteiger partial charge in [-0.25, -0.2) is 0 Å². The molecule has 4 fully saturated rings. The first-order valence-electron chi connectivity index (χ1n) is 17.4. The number of rotatable bonds is 12. The highest BCUT2D eigenvalue weighted by Crippen LogP contribution is 2.66. The predicted octanol–water partition coefficient (Wildman–Crippen LogP) is 7.29. The maximum atomic E-state index is 10.3. The summed E-state index contributed by atoms with van der Waals surface area (Å²) >= 11 is 0. The molecule has 7 aliphatic rings. The third-order valence-corrected chi connectivity index (χ3v) is 12.3. The number of methoxy groups -OCH3 is 1. The zero-order chi connectivity index (χ0) is 29.0. The van der Waals surface area contributed by atoms with Gasteiger partial charge >= 0.3 is 0 Å². The van der Waals surface area contributed by atoms with E-state index in [1.165, 1.54) is 108 Å². The maximum Gasteiger partial charge on any atom is 0.166 e. The summed E-state index contributed by atoms with van der Waals surface area (Å²) in [5, 5.41) is 14.5. The number of hydrogen-bond donors (Lipinski definition) is 2. The van der Waals surface area contributed by atoms with Crippen LogP contribution in [0.25, 0.3) is 0 Å². The lowest BCUT2D eigenvalue weighted by Gasteiger charge is -2.65. The number of unbranched alkanes of at least 4 members (excludes halogenated alkanes) is 6. The van der Waals surface area contributed by atoms with Gasteiger partial charge in [-0.15, -0.1) is 0 Å². The minimum atomic E-state index is -0.422. The van der Waals surface area contributed by atoms with Gasteiger partial charge in [-0.2, -0.15) is 0 Å². The van der Waals surface area contributed by atoms with E-state index >= 15 is 0 Å². The Bertz CT molecular complexity index is 1160.